The largest absolute Gasteiger partial charge is 0.351 e. The first kappa shape index (κ1) is 17.6. The minimum atomic E-state index is -0.610. The number of nitrogens with two attached hydrogens (primary N) is 1. The van der Waals surface area contributed by atoms with Crippen LogP contribution in [-0.2, 0) is 0 Å². The molecule has 2 unspecified atom stereocenters. The van der Waals surface area contributed by atoms with Crippen molar-refractivity contribution in [3.05, 3.63) is 29.8 Å². The van der Waals surface area contributed by atoms with E-state index in [1.807, 2.05) is 11.9 Å². The average molecular weight is 339 g/mol. The lowest BCUT2D eigenvalue weighted by Crippen LogP contribution is -2.48. The van der Waals surface area contributed by atoms with Gasteiger partial charge in [0.25, 0.3) is 5.91 Å². The normalized spacial score (nSPS) is 25.3. The fraction of sp³-hybridized carbons (Fsp3) is 0.500. The molecule has 1 aromatic rings. The number of hydrogen-bond acceptors (Lipinski definition) is 3. The predicted molar refractivity (Wildman–Crippen MR) is 92.0 cm³/mol. The van der Waals surface area contributed by atoms with Crippen LogP contribution in [0.3, 0.4) is 0 Å². The smallest absolute Gasteiger partial charge is 0.316 e. The lowest BCUT2D eigenvalue weighted by atomic mass is 9.98. The van der Waals surface area contributed by atoms with Crippen LogP contribution in [0.2, 0.25) is 0 Å². The standard InChI is InChI=1S/C16H22N4O2.ClH/c1-20(14-8-12-6-7-13(9-14)18-12)15(21)10-2-4-11(5-3-10)19-16(17)22;/h2-5,12-14,18H,6-9H2,1H3,(H3,17,19,22);1H. The van der Waals surface area contributed by atoms with E-state index >= 15 is 0 Å². The molecular weight excluding hydrogens is 316 g/mol. The topological polar surface area (TPSA) is 87.5 Å². The zero-order chi connectivity index (χ0) is 15.7. The first-order valence-electron chi connectivity index (χ1n) is 7.72. The number of hydrogen-bond donors (Lipinski definition) is 3. The fourth-order valence-electron chi connectivity index (χ4n) is 3.55. The third kappa shape index (κ3) is 3.95. The van der Waals surface area contributed by atoms with Gasteiger partial charge in [-0.05, 0) is 49.9 Å². The van der Waals surface area contributed by atoms with Gasteiger partial charge in [0.15, 0.2) is 0 Å². The second-order valence-corrected chi connectivity index (χ2v) is 6.25. The van der Waals surface area contributed by atoms with Crippen LogP contribution < -0.4 is 16.4 Å². The van der Waals surface area contributed by atoms with E-state index in [1.165, 1.54) is 12.8 Å². The summed E-state index contributed by atoms with van der Waals surface area (Å²) in [5.41, 5.74) is 6.29. The van der Waals surface area contributed by atoms with Crippen LogP contribution in [0.1, 0.15) is 36.0 Å². The van der Waals surface area contributed by atoms with E-state index in [4.69, 9.17) is 5.73 Å². The maximum atomic E-state index is 12.6. The number of nitrogens with one attached hydrogen (secondary N) is 2. The summed E-state index contributed by atoms with van der Waals surface area (Å²) in [7, 11) is 1.88. The second-order valence-electron chi connectivity index (χ2n) is 6.25. The van der Waals surface area contributed by atoms with Gasteiger partial charge in [0.1, 0.15) is 0 Å². The molecule has 2 atom stereocenters. The highest BCUT2D eigenvalue weighted by Crippen LogP contribution is 2.29. The lowest BCUT2D eigenvalue weighted by molar-refractivity contribution is 0.0681. The first-order chi connectivity index (χ1) is 10.5. The van der Waals surface area contributed by atoms with E-state index in [1.54, 1.807) is 24.3 Å². The van der Waals surface area contributed by atoms with Crippen molar-refractivity contribution in [3.63, 3.8) is 0 Å². The van der Waals surface area contributed by atoms with Crippen LogP contribution in [0.5, 0.6) is 0 Å². The predicted octanol–water partition coefficient (Wildman–Crippen LogP) is 1.95. The molecule has 1 aromatic carbocycles. The molecule has 0 aromatic heterocycles. The molecule has 2 aliphatic heterocycles. The molecule has 2 saturated heterocycles. The third-order valence-corrected chi connectivity index (χ3v) is 4.72. The zero-order valence-corrected chi connectivity index (χ0v) is 13.9. The van der Waals surface area contributed by atoms with Crippen LogP contribution in [-0.4, -0.2) is 42.0 Å². The Bertz CT molecular complexity index is 566. The summed E-state index contributed by atoms with van der Waals surface area (Å²) in [6.45, 7) is 0. The van der Waals surface area contributed by atoms with Gasteiger partial charge in [0, 0.05) is 36.4 Å². The fourth-order valence-corrected chi connectivity index (χ4v) is 3.55. The lowest BCUT2D eigenvalue weighted by Gasteiger charge is -2.35. The molecule has 23 heavy (non-hydrogen) atoms. The van der Waals surface area contributed by atoms with Gasteiger partial charge < -0.3 is 21.3 Å². The number of halogens is 1. The maximum absolute atomic E-state index is 12.6. The Morgan fingerprint density at radius 3 is 2.26 bits per heavy atom. The maximum Gasteiger partial charge on any atom is 0.316 e. The highest BCUT2D eigenvalue weighted by Gasteiger charge is 2.36. The number of piperidine rings is 1. The van der Waals surface area contributed by atoms with E-state index < -0.39 is 6.03 Å². The number of carbonyl (C=O) groups excluding carboxylic acids is 2. The van der Waals surface area contributed by atoms with Crippen LogP contribution in [0.15, 0.2) is 24.3 Å². The summed E-state index contributed by atoms with van der Waals surface area (Å²) < 4.78 is 0. The van der Waals surface area contributed by atoms with Gasteiger partial charge in [-0.3, -0.25) is 4.79 Å². The van der Waals surface area contributed by atoms with E-state index in [0.717, 1.165) is 12.8 Å². The van der Waals surface area contributed by atoms with Crippen molar-refractivity contribution >= 4 is 30.0 Å². The van der Waals surface area contributed by atoms with E-state index in [9.17, 15) is 9.59 Å². The Labute approximate surface area is 142 Å². The number of benzene rings is 1. The van der Waals surface area contributed by atoms with Crippen LogP contribution in [0, 0.1) is 0 Å². The second kappa shape index (κ2) is 7.19. The molecule has 2 fully saturated rings. The van der Waals surface area contributed by atoms with Gasteiger partial charge in [-0.1, -0.05) is 0 Å². The summed E-state index contributed by atoms with van der Waals surface area (Å²) in [6.07, 6.45) is 4.49. The molecule has 0 saturated carbocycles. The molecule has 2 bridgehead atoms. The van der Waals surface area contributed by atoms with Crippen LogP contribution in [0.25, 0.3) is 0 Å². The van der Waals surface area contributed by atoms with Gasteiger partial charge >= 0.3 is 6.03 Å². The summed E-state index contributed by atoms with van der Waals surface area (Å²) in [4.78, 5) is 25.3. The SMILES string of the molecule is CN(C(=O)c1ccc(NC(N)=O)cc1)C1CC2CCC(C1)N2.Cl. The number of anilines is 1. The minimum Gasteiger partial charge on any atom is -0.351 e. The summed E-state index contributed by atoms with van der Waals surface area (Å²) >= 11 is 0. The molecule has 4 N–H and O–H groups in total. The molecule has 0 aliphatic carbocycles. The third-order valence-electron chi connectivity index (χ3n) is 4.72. The van der Waals surface area contributed by atoms with Crippen molar-refractivity contribution in [2.45, 2.75) is 43.8 Å². The van der Waals surface area contributed by atoms with Crippen molar-refractivity contribution < 1.29 is 9.59 Å². The molecule has 126 valence electrons. The van der Waals surface area contributed by atoms with E-state index in [2.05, 4.69) is 10.6 Å². The van der Waals surface area contributed by atoms with Gasteiger partial charge in [0.05, 0.1) is 0 Å². The molecule has 2 heterocycles. The molecule has 2 aliphatic rings. The molecule has 0 radical (unpaired) electrons. The van der Waals surface area contributed by atoms with Crippen molar-refractivity contribution in [2.75, 3.05) is 12.4 Å². The molecule has 3 rings (SSSR count). The van der Waals surface area contributed by atoms with Crippen molar-refractivity contribution in [2.24, 2.45) is 5.73 Å². The average Bonchev–Trinajstić information content (AvgIpc) is 2.84. The Balaban J connectivity index is 0.00000192. The Kier molecular flexibility index (Phi) is 5.49. The Morgan fingerprint density at radius 1 is 1.17 bits per heavy atom. The summed E-state index contributed by atoms with van der Waals surface area (Å²) in [5, 5.41) is 6.08. The number of amides is 3. The van der Waals surface area contributed by atoms with E-state index in [-0.39, 0.29) is 18.3 Å². The minimum absolute atomic E-state index is 0. The van der Waals surface area contributed by atoms with Gasteiger partial charge in [-0.15, -0.1) is 12.4 Å². The number of fused-ring (bicyclic) bond motifs is 2. The van der Waals surface area contributed by atoms with Crippen LogP contribution in [0.4, 0.5) is 10.5 Å². The summed E-state index contributed by atoms with van der Waals surface area (Å²) in [5.74, 6) is 0.0249. The molecule has 6 nitrogen and oxygen atoms in total. The molecule has 7 heteroatoms. The van der Waals surface area contributed by atoms with E-state index in [0.29, 0.717) is 29.4 Å². The molecule has 0 spiro atoms. The van der Waals surface area contributed by atoms with Crippen molar-refractivity contribution in [1.29, 1.82) is 0 Å². The highest BCUT2D eigenvalue weighted by molar-refractivity contribution is 5.95. The quantitative estimate of drug-likeness (QED) is 0.787. The number of nitrogens with zero attached hydrogens (tertiary/aromatic N) is 1. The highest BCUT2D eigenvalue weighted by atomic mass is 35.5. The van der Waals surface area contributed by atoms with Crippen molar-refractivity contribution in [1.82, 2.24) is 10.2 Å². The number of carbonyl (C=O) groups is 2. The number of primary amides is 1. The van der Waals surface area contributed by atoms with Gasteiger partial charge in [-0.25, -0.2) is 4.79 Å². The van der Waals surface area contributed by atoms with Crippen molar-refractivity contribution in [3.8, 4) is 0 Å². The van der Waals surface area contributed by atoms with Gasteiger partial charge in [-0.2, -0.15) is 0 Å². The molecular formula is C16H23ClN4O2. The first-order valence-corrected chi connectivity index (χ1v) is 7.72. The zero-order valence-electron chi connectivity index (χ0n) is 13.1. The number of urea groups is 1. The number of rotatable bonds is 3. The monoisotopic (exact) mass is 338 g/mol. The van der Waals surface area contributed by atoms with Gasteiger partial charge in [0.2, 0.25) is 0 Å². The summed E-state index contributed by atoms with van der Waals surface area (Å²) in [6, 6.07) is 7.63. The Hall–Kier alpha value is -1.79. The van der Waals surface area contributed by atoms with Crippen LogP contribution >= 0.6 is 12.4 Å². The molecule has 3 amide bonds. The Morgan fingerprint density at radius 2 is 1.74 bits per heavy atom.